The number of hydrogen-bond acceptors (Lipinski definition) is 5. The van der Waals surface area contributed by atoms with Gasteiger partial charge in [0.2, 0.25) is 0 Å². The van der Waals surface area contributed by atoms with Gasteiger partial charge in [0, 0.05) is 12.1 Å². The van der Waals surface area contributed by atoms with Gasteiger partial charge in [-0.3, -0.25) is 0 Å². The van der Waals surface area contributed by atoms with E-state index in [1.807, 2.05) is 0 Å². The molecule has 0 aliphatic rings. The molecule has 2 aromatic carbocycles. The summed E-state index contributed by atoms with van der Waals surface area (Å²) in [7, 11) is 4.56. The largest absolute Gasteiger partial charge is 0.496 e. The predicted octanol–water partition coefficient (Wildman–Crippen LogP) is 3.47. The Morgan fingerprint density at radius 2 is 1.52 bits per heavy atom. The molecule has 1 N–H and O–H groups in total. The van der Waals surface area contributed by atoms with Gasteiger partial charge in [-0.25, -0.2) is 4.79 Å². The second-order valence-corrected chi connectivity index (χ2v) is 5.00. The van der Waals surface area contributed by atoms with Crippen LogP contribution in [-0.4, -0.2) is 32.4 Å². The fourth-order valence-electron chi connectivity index (χ4n) is 2.29. The van der Waals surface area contributed by atoms with E-state index in [0.717, 1.165) is 0 Å². The van der Waals surface area contributed by atoms with E-state index in [9.17, 15) is 10.1 Å². The average molecular weight is 339 g/mol. The first-order valence-electron chi connectivity index (χ1n) is 7.29. The van der Waals surface area contributed by atoms with E-state index < -0.39 is 5.97 Å². The number of carboxylic acid groups (broad SMARTS) is 1. The van der Waals surface area contributed by atoms with Gasteiger partial charge in [0.15, 0.2) is 0 Å². The zero-order valence-electron chi connectivity index (χ0n) is 14.1. The normalized spacial score (nSPS) is 10.7. The fourth-order valence-corrected chi connectivity index (χ4v) is 2.29. The summed E-state index contributed by atoms with van der Waals surface area (Å²) in [6.07, 6.45) is 1.63. The van der Waals surface area contributed by atoms with Crippen LogP contribution in [0.3, 0.4) is 0 Å². The predicted molar refractivity (Wildman–Crippen MR) is 93.0 cm³/mol. The number of aromatic carboxylic acids is 1. The van der Waals surface area contributed by atoms with Crippen LogP contribution in [0.1, 0.15) is 21.5 Å². The van der Waals surface area contributed by atoms with Crippen molar-refractivity contribution in [1.29, 1.82) is 5.26 Å². The maximum Gasteiger partial charge on any atom is 0.335 e. The number of carboxylic acids is 1. The minimum absolute atomic E-state index is 0.153. The van der Waals surface area contributed by atoms with Crippen molar-refractivity contribution in [3.8, 4) is 23.3 Å². The Balaban J connectivity index is 2.56. The van der Waals surface area contributed by atoms with Crippen LogP contribution in [0.25, 0.3) is 11.6 Å². The molecule has 0 radical (unpaired) electrons. The van der Waals surface area contributed by atoms with Gasteiger partial charge in [0.25, 0.3) is 0 Å². The van der Waals surface area contributed by atoms with Crippen molar-refractivity contribution in [3.63, 3.8) is 0 Å². The third kappa shape index (κ3) is 3.90. The Labute approximate surface area is 145 Å². The first-order valence-corrected chi connectivity index (χ1v) is 7.29. The van der Waals surface area contributed by atoms with Crippen LogP contribution in [0.15, 0.2) is 36.4 Å². The topological polar surface area (TPSA) is 88.8 Å². The lowest BCUT2D eigenvalue weighted by molar-refractivity contribution is 0.0697. The molecule has 0 amide bonds. The highest BCUT2D eigenvalue weighted by atomic mass is 16.5. The van der Waals surface area contributed by atoms with Gasteiger partial charge in [-0.15, -0.1) is 0 Å². The molecule has 0 unspecified atom stereocenters. The van der Waals surface area contributed by atoms with Gasteiger partial charge in [-0.2, -0.15) is 5.26 Å². The molecule has 0 heterocycles. The lowest BCUT2D eigenvalue weighted by atomic mass is 10.0. The molecule has 2 aromatic rings. The highest BCUT2D eigenvalue weighted by Gasteiger charge is 2.13. The lowest BCUT2D eigenvalue weighted by Gasteiger charge is -2.13. The number of carbonyl (C=O) groups is 1. The maximum absolute atomic E-state index is 10.9. The molecule has 25 heavy (non-hydrogen) atoms. The molecule has 0 fully saturated rings. The molecular weight excluding hydrogens is 322 g/mol. The van der Waals surface area contributed by atoms with E-state index >= 15 is 0 Å². The van der Waals surface area contributed by atoms with Crippen LogP contribution < -0.4 is 14.2 Å². The zero-order chi connectivity index (χ0) is 18.4. The minimum atomic E-state index is -1.02. The van der Waals surface area contributed by atoms with Crippen molar-refractivity contribution in [3.05, 3.63) is 53.1 Å². The second kappa shape index (κ2) is 7.88. The third-order valence-corrected chi connectivity index (χ3v) is 3.61. The molecule has 0 saturated carbocycles. The van der Waals surface area contributed by atoms with Crippen LogP contribution in [-0.2, 0) is 0 Å². The van der Waals surface area contributed by atoms with Gasteiger partial charge in [-0.1, -0.05) is 12.1 Å². The molecule has 0 atom stereocenters. The number of rotatable bonds is 6. The van der Waals surface area contributed by atoms with Gasteiger partial charge in [-0.05, 0) is 23.8 Å². The van der Waals surface area contributed by atoms with Crippen molar-refractivity contribution in [1.82, 2.24) is 0 Å². The minimum Gasteiger partial charge on any atom is -0.496 e. The summed E-state index contributed by atoms with van der Waals surface area (Å²) < 4.78 is 15.9. The molecule has 0 aliphatic carbocycles. The highest BCUT2D eigenvalue weighted by Crippen LogP contribution is 2.36. The number of benzene rings is 2. The number of nitriles is 1. The summed E-state index contributed by atoms with van der Waals surface area (Å²) in [5.41, 5.74) is 1.68. The van der Waals surface area contributed by atoms with E-state index in [1.54, 1.807) is 30.3 Å². The standard InChI is InChI=1S/C19H17NO5/c1-23-15-9-17(24-2)16(18(10-15)25-3)8-14(11-20)12-4-6-13(7-5-12)19(21)22/h4-10H,1-3H3,(H,21,22)/b14-8-. The van der Waals surface area contributed by atoms with Crippen molar-refractivity contribution in [2.24, 2.45) is 0 Å². The monoisotopic (exact) mass is 339 g/mol. The Hall–Kier alpha value is -3.46. The fraction of sp³-hybridized carbons (Fsp3) is 0.158. The molecule has 2 rings (SSSR count). The van der Waals surface area contributed by atoms with E-state index in [1.165, 1.54) is 33.5 Å². The molecule has 0 spiro atoms. The van der Waals surface area contributed by atoms with Crippen molar-refractivity contribution in [2.45, 2.75) is 0 Å². The molecular formula is C19H17NO5. The van der Waals surface area contributed by atoms with Crippen LogP contribution in [0.5, 0.6) is 17.2 Å². The summed E-state index contributed by atoms with van der Waals surface area (Å²) >= 11 is 0. The second-order valence-electron chi connectivity index (χ2n) is 5.00. The Bertz CT molecular complexity index is 822. The summed E-state index contributed by atoms with van der Waals surface area (Å²) in [5.74, 6) is 0.528. The average Bonchev–Trinajstić information content (AvgIpc) is 2.65. The van der Waals surface area contributed by atoms with Crippen LogP contribution in [0.2, 0.25) is 0 Å². The van der Waals surface area contributed by atoms with E-state index in [2.05, 4.69) is 6.07 Å². The van der Waals surface area contributed by atoms with E-state index in [4.69, 9.17) is 19.3 Å². The number of allylic oxidation sites excluding steroid dienone is 1. The van der Waals surface area contributed by atoms with Crippen molar-refractivity contribution < 1.29 is 24.1 Å². The van der Waals surface area contributed by atoms with Crippen LogP contribution in [0.4, 0.5) is 0 Å². The molecule has 6 nitrogen and oxygen atoms in total. The van der Waals surface area contributed by atoms with Gasteiger partial charge < -0.3 is 19.3 Å². The van der Waals surface area contributed by atoms with Gasteiger partial charge in [0.05, 0.1) is 44.1 Å². The Morgan fingerprint density at radius 1 is 1.00 bits per heavy atom. The number of hydrogen-bond donors (Lipinski definition) is 1. The highest BCUT2D eigenvalue weighted by molar-refractivity contribution is 5.93. The van der Waals surface area contributed by atoms with Crippen LogP contribution in [0, 0.1) is 11.3 Å². The molecule has 0 aromatic heterocycles. The molecule has 0 aliphatic heterocycles. The van der Waals surface area contributed by atoms with Crippen molar-refractivity contribution in [2.75, 3.05) is 21.3 Å². The lowest BCUT2D eigenvalue weighted by Crippen LogP contribution is -1.97. The number of nitrogens with zero attached hydrogens (tertiary/aromatic N) is 1. The SMILES string of the molecule is COc1cc(OC)c(/C=C(/C#N)c2ccc(C(=O)O)cc2)c(OC)c1. The number of methoxy groups -OCH3 is 3. The van der Waals surface area contributed by atoms with Crippen molar-refractivity contribution >= 4 is 17.6 Å². The third-order valence-electron chi connectivity index (χ3n) is 3.61. The molecule has 6 heteroatoms. The summed E-state index contributed by atoms with van der Waals surface area (Å²) in [6, 6.07) is 11.6. The smallest absolute Gasteiger partial charge is 0.335 e. The summed E-state index contributed by atoms with van der Waals surface area (Å²) in [6.45, 7) is 0. The summed E-state index contributed by atoms with van der Waals surface area (Å²) in [4.78, 5) is 10.9. The van der Waals surface area contributed by atoms with E-state index in [0.29, 0.717) is 33.9 Å². The Kier molecular flexibility index (Phi) is 5.64. The maximum atomic E-state index is 10.9. The van der Waals surface area contributed by atoms with Gasteiger partial charge >= 0.3 is 5.97 Å². The molecule has 0 saturated heterocycles. The van der Waals surface area contributed by atoms with Crippen LogP contribution >= 0.6 is 0 Å². The summed E-state index contributed by atoms with van der Waals surface area (Å²) in [5, 5.41) is 18.5. The number of ether oxygens (including phenoxy) is 3. The zero-order valence-corrected chi connectivity index (χ0v) is 14.1. The van der Waals surface area contributed by atoms with Gasteiger partial charge in [0.1, 0.15) is 17.2 Å². The quantitative estimate of drug-likeness (QED) is 0.640. The first kappa shape index (κ1) is 17.9. The first-order chi connectivity index (χ1) is 12.0. The molecule has 128 valence electrons. The Morgan fingerprint density at radius 3 is 1.92 bits per heavy atom. The van der Waals surface area contributed by atoms with E-state index in [-0.39, 0.29) is 5.56 Å². The molecule has 0 bridgehead atoms.